The van der Waals surface area contributed by atoms with Gasteiger partial charge in [0.05, 0.1) is 18.1 Å². The number of ether oxygens (including phenoxy) is 1. The molecule has 0 bridgehead atoms. The van der Waals surface area contributed by atoms with Crippen molar-refractivity contribution in [2.45, 2.75) is 18.9 Å². The van der Waals surface area contributed by atoms with E-state index >= 15 is 0 Å². The summed E-state index contributed by atoms with van der Waals surface area (Å²) in [6.45, 7) is 3.27. The first-order chi connectivity index (χ1) is 8.31. The third kappa shape index (κ3) is 3.93. The molecule has 0 spiro atoms. The summed E-state index contributed by atoms with van der Waals surface area (Å²) in [4.78, 5) is 13.9. The molecule has 1 atom stereocenters. The van der Waals surface area contributed by atoms with Gasteiger partial charge < -0.3 is 9.64 Å². The quantitative estimate of drug-likeness (QED) is 0.645. The average molecular weight is 278 g/mol. The van der Waals surface area contributed by atoms with Crippen LogP contribution in [0.4, 0.5) is 0 Å². The molecule has 0 radical (unpaired) electrons. The minimum Gasteiger partial charge on any atom is -0.465 e. The lowest BCUT2D eigenvalue weighted by Crippen LogP contribution is -2.55. The Morgan fingerprint density at radius 3 is 2.56 bits per heavy atom. The van der Waals surface area contributed by atoms with Gasteiger partial charge in [-0.1, -0.05) is 0 Å². The fourth-order valence-corrected chi connectivity index (χ4v) is 3.93. The maximum absolute atomic E-state index is 12.0. The third-order valence-corrected chi connectivity index (χ3v) is 4.75. The van der Waals surface area contributed by atoms with Crippen molar-refractivity contribution in [3.05, 3.63) is 0 Å². The first-order valence-corrected chi connectivity index (χ1v) is 7.91. The molecule has 1 N–H and O–H groups in total. The molecule has 0 aromatic heterocycles. The van der Waals surface area contributed by atoms with Crippen LogP contribution in [0.5, 0.6) is 0 Å². The Balaban J connectivity index is 2.73. The molecule has 1 heterocycles. The zero-order valence-electron chi connectivity index (χ0n) is 11.2. The van der Waals surface area contributed by atoms with E-state index in [1.807, 2.05) is 19.0 Å². The predicted octanol–water partition coefficient (Wildman–Crippen LogP) is -0.742. The van der Waals surface area contributed by atoms with Gasteiger partial charge >= 0.3 is 5.97 Å². The first kappa shape index (κ1) is 15.4. The number of rotatable bonds is 6. The van der Waals surface area contributed by atoms with Crippen molar-refractivity contribution in [1.29, 1.82) is 0 Å². The molecule has 1 unspecified atom stereocenters. The van der Waals surface area contributed by atoms with Gasteiger partial charge in [-0.25, -0.2) is 8.42 Å². The molecule has 1 rings (SSSR count). The number of nitrogens with zero attached hydrogens (tertiary/aromatic N) is 1. The monoisotopic (exact) mass is 278 g/mol. The van der Waals surface area contributed by atoms with Crippen LogP contribution in [0.1, 0.15) is 13.3 Å². The van der Waals surface area contributed by atoms with E-state index < -0.39 is 21.3 Å². The van der Waals surface area contributed by atoms with Gasteiger partial charge in [0.2, 0.25) is 0 Å². The number of likely N-dealkylation sites (N-methyl/N-ethyl adjacent to an activating group) is 1. The lowest BCUT2D eigenvalue weighted by molar-refractivity contribution is -0.150. The summed E-state index contributed by atoms with van der Waals surface area (Å²) in [5, 5.41) is 3.07. The largest absolute Gasteiger partial charge is 0.465 e. The van der Waals surface area contributed by atoms with Crippen molar-refractivity contribution in [2.75, 3.05) is 45.3 Å². The second kappa shape index (κ2) is 5.99. The molecule has 1 aliphatic rings. The van der Waals surface area contributed by atoms with Gasteiger partial charge in [0.15, 0.2) is 9.84 Å². The number of nitrogens with one attached hydrogen (secondary N) is 1. The predicted molar refractivity (Wildman–Crippen MR) is 69.2 cm³/mol. The lowest BCUT2D eigenvalue weighted by atomic mass is 9.99. The van der Waals surface area contributed by atoms with Crippen LogP contribution in [0, 0.1) is 0 Å². The van der Waals surface area contributed by atoms with Crippen molar-refractivity contribution < 1.29 is 17.9 Å². The molecule has 0 saturated carbocycles. The topological polar surface area (TPSA) is 75.7 Å². The number of sulfone groups is 1. The zero-order chi connectivity index (χ0) is 13.8. The van der Waals surface area contributed by atoms with Gasteiger partial charge in [0.25, 0.3) is 0 Å². The van der Waals surface area contributed by atoms with Crippen molar-refractivity contribution in [1.82, 2.24) is 10.2 Å². The van der Waals surface area contributed by atoms with E-state index in [-0.39, 0.29) is 18.1 Å². The second-order valence-electron chi connectivity index (χ2n) is 4.87. The molecular weight excluding hydrogens is 256 g/mol. The molecule has 1 aliphatic heterocycles. The fraction of sp³-hybridized carbons (Fsp3) is 0.909. The lowest BCUT2D eigenvalue weighted by Gasteiger charge is -2.27. The van der Waals surface area contributed by atoms with Crippen molar-refractivity contribution in [2.24, 2.45) is 0 Å². The number of esters is 1. The van der Waals surface area contributed by atoms with E-state index in [1.165, 1.54) is 0 Å². The standard InChI is InChI=1S/C11H22N2O4S/c1-4-17-10(14)11(12-6-7-13(2)3)5-8-18(15,16)9-11/h12H,4-9H2,1-3H3. The smallest absolute Gasteiger partial charge is 0.327 e. The van der Waals surface area contributed by atoms with Gasteiger partial charge in [0, 0.05) is 13.1 Å². The molecule has 0 aliphatic carbocycles. The van der Waals surface area contributed by atoms with Crippen LogP contribution in [-0.4, -0.2) is 70.1 Å². The highest BCUT2D eigenvalue weighted by molar-refractivity contribution is 7.91. The van der Waals surface area contributed by atoms with Gasteiger partial charge in [-0.3, -0.25) is 10.1 Å². The van der Waals surface area contributed by atoms with E-state index in [9.17, 15) is 13.2 Å². The Kier molecular flexibility index (Phi) is 5.12. The molecule has 7 heteroatoms. The summed E-state index contributed by atoms with van der Waals surface area (Å²) >= 11 is 0. The summed E-state index contributed by atoms with van der Waals surface area (Å²) in [7, 11) is 0.697. The summed E-state index contributed by atoms with van der Waals surface area (Å²) in [5.74, 6) is -0.572. The number of carbonyl (C=O) groups is 1. The van der Waals surface area contributed by atoms with E-state index in [0.29, 0.717) is 13.0 Å². The van der Waals surface area contributed by atoms with Gasteiger partial charge in [-0.2, -0.15) is 0 Å². The van der Waals surface area contributed by atoms with Gasteiger partial charge in [-0.05, 0) is 27.4 Å². The van der Waals surface area contributed by atoms with Crippen molar-refractivity contribution in [3.63, 3.8) is 0 Å². The highest BCUT2D eigenvalue weighted by Crippen LogP contribution is 2.25. The maximum atomic E-state index is 12.0. The third-order valence-electron chi connectivity index (χ3n) is 2.99. The Labute approximate surface area is 109 Å². The van der Waals surface area contributed by atoms with E-state index in [0.717, 1.165) is 6.54 Å². The minimum absolute atomic E-state index is 0.0424. The highest BCUT2D eigenvalue weighted by atomic mass is 32.2. The SMILES string of the molecule is CCOC(=O)C1(NCCN(C)C)CCS(=O)(=O)C1. The Bertz CT molecular complexity index is 394. The maximum Gasteiger partial charge on any atom is 0.327 e. The van der Waals surface area contributed by atoms with Crippen LogP contribution in [0.2, 0.25) is 0 Å². The second-order valence-corrected chi connectivity index (χ2v) is 7.06. The Morgan fingerprint density at radius 2 is 2.11 bits per heavy atom. The molecule has 1 fully saturated rings. The molecule has 0 amide bonds. The Hall–Kier alpha value is -0.660. The van der Waals surface area contributed by atoms with Crippen LogP contribution in [-0.2, 0) is 19.4 Å². The van der Waals surface area contributed by atoms with E-state index in [4.69, 9.17) is 4.74 Å². The molecule has 6 nitrogen and oxygen atoms in total. The molecule has 0 aromatic rings. The number of hydrogen-bond acceptors (Lipinski definition) is 6. The average Bonchev–Trinajstić information content (AvgIpc) is 2.55. The van der Waals surface area contributed by atoms with Crippen LogP contribution >= 0.6 is 0 Å². The summed E-state index contributed by atoms with van der Waals surface area (Å²) < 4.78 is 28.2. The summed E-state index contributed by atoms with van der Waals surface area (Å²) in [6.07, 6.45) is 0.293. The Morgan fingerprint density at radius 1 is 1.44 bits per heavy atom. The van der Waals surface area contributed by atoms with E-state index in [2.05, 4.69) is 5.32 Å². The van der Waals surface area contributed by atoms with Crippen LogP contribution in [0.15, 0.2) is 0 Å². The first-order valence-electron chi connectivity index (χ1n) is 6.09. The van der Waals surface area contributed by atoms with Gasteiger partial charge in [0.1, 0.15) is 5.54 Å². The van der Waals surface area contributed by atoms with Crippen LogP contribution < -0.4 is 5.32 Å². The van der Waals surface area contributed by atoms with Crippen LogP contribution in [0.3, 0.4) is 0 Å². The van der Waals surface area contributed by atoms with Crippen LogP contribution in [0.25, 0.3) is 0 Å². The van der Waals surface area contributed by atoms with Crippen molar-refractivity contribution >= 4 is 15.8 Å². The van der Waals surface area contributed by atoms with Gasteiger partial charge in [-0.15, -0.1) is 0 Å². The molecule has 0 aromatic carbocycles. The van der Waals surface area contributed by atoms with E-state index in [1.54, 1.807) is 6.92 Å². The summed E-state index contributed by atoms with van der Waals surface area (Å²) in [6, 6.07) is 0. The highest BCUT2D eigenvalue weighted by Gasteiger charge is 2.48. The number of hydrogen-bond donors (Lipinski definition) is 1. The zero-order valence-corrected chi connectivity index (χ0v) is 12.0. The minimum atomic E-state index is -3.14. The van der Waals surface area contributed by atoms with Crippen molar-refractivity contribution in [3.8, 4) is 0 Å². The molecule has 1 saturated heterocycles. The summed E-state index contributed by atoms with van der Waals surface area (Å²) in [5.41, 5.74) is -1.05. The molecule has 18 heavy (non-hydrogen) atoms. The number of carbonyl (C=O) groups excluding carboxylic acids is 1. The molecule has 106 valence electrons. The normalized spacial score (nSPS) is 26.4. The fourth-order valence-electron chi connectivity index (χ4n) is 2.01. The molecular formula is C11H22N2O4S.